The van der Waals surface area contributed by atoms with Crippen molar-refractivity contribution < 1.29 is 14.6 Å². The highest BCUT2D eigenvalue weighted by Gasteiger charge is 2.18. The summed E-state index contributed by atoms with van der Waals surface area (Å²) in [4.78, 5) is 11.3. The fraction of sp³-hybridized carbons (Fsp3) is 0.267. The molecule has 0 aliphatic carbocycles. The van der Waals surface area contributed by atoms with E-state index < -0.39 is 5.97 Å². The molecule has 1 heterocycles. The van der Waals surface area contributed by atoms with Crippen molar-refractivity contribution >= 4 is 17.3 Å². The number of methoxy groups -OCH3 is 1. The molecule has 2 aromatic rings. The first kappa shape index (κ1) is 13.6. The monoisotopic (exact) mass is 276 g/mol. The first-order chi connectivity index (χ1) is 9.19. The van der Waals surface area contributed by atoms with E-state index in [2.05, 4.69) is 0 Å². The Bertz CT molecular complexity index is 517. The van der Waals surface area contributed by atoms with Crippen LogP contribution in [0, 0.1) is 5.92 Å². The van der Waals surface area contributed by atoms with E-state index in [0.29, 0.717) is 12.8 Å². The highest BCUT2D eigenvalue weighted by atomic mass is 32.1. The van der Waals surface area contributed by atoms with Gasteiger partial charge in [-0.15, -0.1) is 0 Å². The molecule has 1 N–H and O–H groups in total. The van der Waals surface area contributed by atoms with Gasteiger partial charge in [-0.05, 0) is 52.9 Å². The number of carboxylic acids is 1. The van der Waals surface area contributed by atoms with Gasteiger partial charge in [0.1, 0.15) is 5.75 Å². The summed E-state index contributed by atoms with van der Waals surface area (Å²) in [5, 5.41) is 13.3. The predicted molar refractivity (Wildman–Crippen MR) is 75.8 cm³/mol. The van der Waals surface area contributed by atoms with E-state index in [1.54, 1.807) is 18.4 Å². The maximum Gasteiger partial charge on any atom is 0.307 e. The predicted octanol–water partition coefficient (Wildman–Crippen LogP) is 3.24. The van der Waals surface area contributed by atoms with E-state index in [1.807, 2.05) is 41.1 Å². The summed E-state index contributed by atoms with van der Waals surface area (Å²) in [6.45, 7) is 0. The van der Waals surface area contributed by atoms with Crippen LogP contribution in [0.3, 0.4) is 0 Å². The normalized spacial score (nSPS) is 12.1. The molecule has 19 heavy (non-hydrogen) atoms. The van der Waals surface area contributed by atoms with Crippen LogP contribution in [0.2, 0.25) is 0 Å². The fourth-order valence-electron chi connectivity index (χ4n) is 1.99. The Morgan fingerprint density at radius 3 is 2.42 bits per heavy atom. The quantitative estimate of drug-likeness (QED) is 0.881. The molecule has 100 valence electrons. The maximum atomic E-state index is 11.3. The highest BCUT2D eigenvalue weighted by Crippen LogP contribution is 2.19. The van der Waals surface area contributed by atoms with E-state index in [0.717, 1.165) is 16.9 Å². The lowest BCUT2D eigenvalue weighted by molar-refractivity contribution is -0.141. The number of aliphatic carboxylic acids is 1. The minimum atomic E-state index is -0.748. The Kier molecular flexibility index (Phi) is 4.58. The molecule has 1 atom stereocenters. The molecule has 0 bridgehead atoms. The van der Waals surface area contributed by atoms with Gasteiger partial charge >= 0.3 is 5.97 Å². The van der Waals surface area contributed by atoms with Crippen molar-refractivity contribution in [3.05, 3.63) is 52.2 Å². The molecule has 4 heteroatoms. The van der Waals surface area contributed by atoms with Gasteiger partial charge < -0.3 is 9.84 Å². The van der Waals surface area contributed by atoms with Crippen LogP contribution in [-0.4, -0.2) is 18.2 Å². The van der Waals surface area contributed by atoms with Crippen molar-refractivity contribution in [2.75, 3.05) is 7.11 Å². The van der Waals surface area contributed by atoms with Crippen molar-refractivity contribution in [1.82, 2.24) is 0 Å². The Labute approximate surface area is 116 Å². The van der Waals surface area contributed by atoms with Crippen LogP contribution in [-0.2, 0) is 17.6 Å². The molecule has 1 aromatic carbocycles. The lowest BCUT2D eigenvalue weighted by Gasteiger charge is -2.12. The number of rotatable bonds is 6. The zero-order valence-corrected chi connectivity index (χ0v) is 11.5. The molecule has 0 radical (unpaired) electrons. The number of hydrogen-bond acceptors (Lipinski definition) is 3. The summed E-state index contributed by atoms with van der Waals surface area (Å²) in [7, 11) is 1.62. The van der Waals surface area contributed by atoms with Gasteiger partial charge in [-0.3, -0.25) is 4.79 Å². The van der Waals surface area contributed by atoms with Crippen LogP contribution in [0.5, 0.6) is 5.75 Å². The molecule has 0 fully saturated rings. The van der Waals surface area contributed by atoms with E-state index in [1.165, 1.54) is 0 Å². The molecule has 1 unspecified atom stereocenters. The van der Waals surface area contributed by atoms with Crippen LogP contribution in [0.15, 0.2) is 41.1 Å². The molecule has 0 amide bonds. The van der Waals surface area contributed by atoms with Crippen molar-refractivity contribution in [2.24, 2.45) is 5.92 Å². The lowest BCUT2D eigenvalue weighted by atomic mass is 9.94. The molecular weight excluding hydrogens is 260 g/mol. The van der Waals surface area contributed by atoms with Crippen LogP contribution < -0.4 is 4.74 Å². The number of benzene rings is 1. The first-order valence-corrected chi connectivity index (χ1v) is 7.00. The Hall–Kier alpha value is -1.81. The van der Waals surface area contributed by atoms with Crippen molar-refractivity contribution in [3.63, 3.8) is 0 Å². The molecular formula is C15H16O3S. The van der Waals surface area contributed by atoms with Gasteiger partial charge in [0, 0.05) is 0 Å². The lowest BCUT2D eigenvalue weighted by Crippen LogP contribution is -2.18. The SMILES string of the molecule is COc1ccc(CC(Cc2ccsc2)C(=O)O)cc1. The second-order valence-corrected chi connectivity index (χ2v) is 5.20. The van der Waals surface area contributed by atoms with Crippen LogP contribution in [0.4, 0.5) is 0 Å². The summed E-state index contributed by atoms with van der Waals surface area (Å²) in [6, 6.07) is 9.54. The molecule has 0 spiro atoms. The number of ether oxygens (including phenoxy) is 1. The average molecular weight is 276 g/mol. The van der Waals surface area contributed by atoms with Gasteiger partial charge in [-0.2, -0.15) is 11.3 Å². The Morgan fingerprint density at radius 1 is 1.21 bits per heavy atom. The van der Waals surface area contributed by atoms with Gasteiger partial charge in [0.15, 0.2) is 0 Å². The van der Waals surface area contributed by atoms with Crippen LogP contribution >= 0.6 is 11.3 Å². The smallest absolute Gasteiger partial charge is 0.307 e. The second kappa shape index (κ2) is 6.38. The van der Waals surface area contributed by atoms with Crippen molar-refractivity contribution in [3.8, 4) is 5.75 Å². The maximum absolute atomic E-state index is 11.3. The van der Waals surface area contributed by atoms with Gasteiger partial charge in [-0.1, -0.05) is 12.1 Å². The number of carboxylic acid groups (broad SMARTS) is 1. The van der Waals surface area contributed by atoms with E-state index in [4.69, 9.17) is 4.74 Å². The van der Waals surface area contributed by atoms with E-state index >= 15 is 0 Å². The summed E-state index contributed by atoms with van der Waals surface area (Å²) in [5.74, 6) is -0.349. The molecule has 0 saturated carbocycles. The van der Waals surface area contributed by atoms with Crippen molar-refractivity contribution in [1.29, 1.82) is 0 Å². The zero-order chi connectivity index (χ0) is 13.7. The first-order valence-electron chi connectivity index (χ1n) is 6.06. The topological polar surface area (TPSA) is 46.5 Å². The van der Waals surface area contributed by atoms with E-state index in [9.17, 15) is 9.90 Å². The third-order valence-corrected chi connectivity index (χ3v) is 3.78. The minimum absolute atomic E-state index is 0.386. The zero-order valence-electron chi connectivity index (χ0n) is 10.7. The number of hydrogen-bond donors (Lipinski definition) is 1. The Morgan fingerprint density at radius 2 is 1.89 bits per heavy atom. The van der Waals surface area contributed by atoms with Gasteiger partial charge in [0.25, 0.3) is 0 Å². The van der Waals surface area contributed by atoms with Gasteiger partial charge in [0.2, 0.25) is 0 Å². The average Bonchev–Trinajstić information content (AvgIpc) is 2.91. The van der Waals surface area contributed by atoms with Crippen molar-refractivity contribution in [2.45, 2.75) is 12.8 Å². The van der Waals surface area contributed by atoms with Crippen LogP contribution in [0.1, 0.15) is 11.1 Å². The molecule has 1 aromatic heterocycles. The molecule has 0 aliphatic heterocycles. The third-order valence-electron chi connectivity index (χ3n) is 3.05. The highest BCUT2D eigenvalue weighted by molar-refractivity contribution is 7.07. The van der Waals surface area contributed by atoms with Gasteiger partial charge in [0.05, 0.1) is 13.0 Å². The van der Waals surface area contributed by atoms with Crippen LogP contribution in [0.25, 0.3) is 0 Å². The number of carbonyl (C=O) groups is 1. The molecule has 0 saturated heterocycles. The summed E-state index contributed by atoms with van der Waals surface area (Å²) >= 11 is 1.60. The molecule has 3 nitrogen and oxygen atoms in total. The third kappa shape index (κ3) is 3.83. The van der Waals surface area contributed by atoms with E-state index in [-0.39, 0.29) is 5.92 Å². The summed E-state index contributed by atoms with van der Waals surface area (Å²) in [5.41, 5.74) is 2.11. The fourth-order valence-corrected chi connectivity index (χ4v) is 2.67. The second-order valence-electron chi connectivity index (χ2n) is 4.42. The summed E-state index contributed by atoms with van der Waals surface area (Å²) in [6.07, 6.45) is 1.11. The summed E-state index contributed by atoms with van der Waals surface area (Å²) < 4.78 is 5.09. The van der Waals surface area contributed by atoms with Gasteiger partial charge in [-0.25, -0.2) is 0 Å². The minimum Gasteiger partial charge on any atom is -0.497 e. The number of thiophene rings is 1. The Balaban J connectivity index is 2.05. The molecule has 2 rings (SSSR count). The molecule has 0 aliphatic rings. The largest absolute Gasteiger partial charge is 0.497 e. The standard InChI is InChI=1S/C15H16O3S/c1-18-14-4-2-11(3-5-14)8-13(15(16)17)9-12-6-7-19-10-12/h2-7,10,13H,8-9H2,1H3,(H,16,17).